The van der Waals surface area contributed by atoms with Crippen molar-refractivity contribution in [3.63, 3.8) is 0 Å². The Bertz CT molecular complexity index is 607. The number of aliphatic hydroxyl groups is 1. The van der Waals surface area contributed by atoms with Gasteiger partial charge in [-0.3, -0.25) is 4.68 Å². The molecule has 3 rings (SSSR count). The summed E-state index contributed by atoms with van der Waals surface area (Å²) in [4.78, 5) is 4.48. The van der Waals surface area contributed by atoms with Gasteiger partial charge in [-0.25, -0.2) is 4.98 Å². The standard InChI is InChI=1S/C15H22N4O/c1-10-12-7-11(9-17-15(12)19(2)18-10)8-16-13-5-3-4-6-14(13)20/h7,9,13-14,16,20H,3-6,8H2,1-2H3. The van der Waals surface area contributed by atoms with E-state index in [1.807, 2.05) is 24.9 Å². The average Bonchev–Trinajstić information content (AvgIpc) is 2.73. The SMILES string of the molecule is Cc1nn(C)c2ncc(CNC3CCCCC3O)cc12. The highest BCUT2D eigenvalue weighted by Crippen LogP contribution is 2.20. The van der Waals surface area contributed by atoms with Crippen LogP contribution in [-0.2, 0) is 13.6 Å². The topological polar surface area (TPSA) is 63.0 Å². The van der Waals surface area contributed by atoms with E-state index in [0.717, 1.165) is 48.1 Å². The lowest BCUT2D eigenvalue weighted by Gasteiger charge is -2.28. The fourth-order valence-electron chi connectivity index (χ4n) is 3.05. The molecule has 1 fully saturated rings. The van der Waals surface area contributed by atoms with Gasteiger partial charge in [-0.2, -0.15) is 5.10 Å². The number of aromatic nitrogens is 3. The van der Waals surface area contributed by atoms with Gasteiger partial charge in [0, 0.05) is 31.2 Å². The maximum absolute atomic E-state index is 9.97. The largest absolute Gasteiger partial charge is 0.392 e. The molecule has 2 aromatic rings. The third kappa shape index (κ3) is 2.55. The summed E-state index contributed by atoms with van der Waals surface area (Å²) in [6, 6.07) is 2.36. The lowest BCUT2D eigenvalue weighted by molar-refractivity contribution is 0.0902. The Labute approximate surface area is 119 Å². The molecular formula is C15H22N4O. The van der Waals surface area contributed by atoms with Crippen molar-refractivity contribution in [2.45, 2.75) is 51.3 Å². The van der Waals surface area contributed by atoms with Gasteiger partial charge < -0.3 is 10.4 Å². The van der Waals surface area contributed by atoms with Crippen molar-refractivity contribution in [2.75, 3.05) is 0 Å². The lowest BCUT2D eigenvalue weighted by atomic mass is 9.92. The van der Waals surface area contributed by atoms with E-state index in [1.165, 1.54) is 6.42 Å². The van der Waals surface area contributed by atoms with Crippen molar-refractivity contribution in [1.29, 1.82) is 0 Å². The van der Waals surface area contributed by atoms with Crippen molar-refractivity contribution in [1.82, 2.24) is 20.1 Å². The molecule has 0 spiro atoms. The molecule has 0 aliphatic heterocycles. The van der Waals surface area contributed by atoms with Gasteiger partial charge in [-0.15, -0.1) is 0 Å². The predicted molar refractivity (Wildman–Crippen MR) is 78.3 cm³/mol. The number of aliphatic hydroxyl groups excluding tert-OH is 1. The van der Waals surface area contributed by atoms with Crippen molar-refractivity contribution < 1.29 is 5.11 Å². The highest BCUT2D eigenvalue weighted by molar-refractivity contribution is 5.78. The second kappa shape index (κ2) is 5.50. The summed E-state index contributed by atoms with van der Waals surface area (Å²) >= 11 is 0. The van der Waals surface area contributed by atoms with Crippen molar-refractivity contribution in [3.05, 3.63) is 23.5 Å². The minimum atomic E-state index is -0.208. The van der Waals surface area contributed by atoms with Gasteiger partial charge in [0.05, 0.1) is 11.8 Å². The Hall–Kier alpha value is -1.46. The van der Waals surface area contributed by atoms with Crippen LogP contribution >= 0.6 is 0 Å². The van der Waals surface area contributed by atoms with Crippen LogP contribution in [0.4, 0.5) is 0 Å². The Kier molecular flexibility index (Phi) is 3.72. The first-order valence-corrected chi connectivity index (χ1v) is 7.35. The molecule has 5 nitrogen and oxygen atoms in total. The molecule has 1 aliphatic rings. The fraction of sp³-hybridized carbons (Fsp3) is 0.600. The molecule has 5 heteroatoms. The number of pyridine rings is 1. The molecule has 2 atom stereocenters. The first kappa shape index (κ1) is 13.5. The molecule has 2 aromatic heterocycles. The van der Waals surface area contributed by atoms with Gasteiger partial charge >= 0.3 is 0 Å². The number of nitrogens with one attached hydrogen (secondary N) is 1. The number of fused-ring (bicyclic) bond motifs is 1. The van der Waals surface area contributed by atoms with Crippen molar-refractivity contribution in [3.8, 4) is 0 Å². The highest BCUT2D eigenvalue weighted by atomic mass is 16.3. The molecular weight excluding hydrogens is 252 g/mol. The van der Waals surface area contributed by atoms with Crippen LogP contribution in [0.3, 0.4) is 0 Å². The van der Waals surface area contributed by atoms with Crippen LogP contribution in [0.1, 0.15) is 36.9 Å². The molecule has 2 unspecified atom stereocenters. The number of rotatable bonds is 3. The Morgan fingerprint density at radius 2 is 2.20 bits per heavy atom. The fourth-order valence-corrected chi connectivity index (χ4v) is 3.05. The number of hydrogen-bond donors (Lipinski definition) is 2. The van der Waals surface area contributed by atoms with E-state index in [9.17, 15) is 5.11 Å². The zero-order valence-electron chi connectivity index (χ0n) is 12.1. The van der Waals surface area contributed by atoms with Crippen LogP contribution in [0, 0.1) is 6.92 Å². The van der Waals surface area contributed by atoms with Crippen LogP contribution in [-0.4, -0.2) is 32.0 Å². The third-order valence-electron chi connectivity index (χ3n) is 4.22. The maximum atomic E-state index is 9.97. The quantitative estimate of drug-likeness (QED) is 0.893. The van der Waals surface area contributed by atoms with Crippen LogP contribution in [0.15, 0.2) is 12.3 Å². The Morgan fingerprint density at radius 1 is 1.40 bits per heavy atom. The minimum absolute atomic E-state index is 0.208. The molecule has 2 heterocycles. The molecule has 20 heavy (non-hydrogen) atoms. The summed E-state index contributed by atoms with van der Waals surface area (Å²) in [6.07, 6.45) is 6.00. The second-order valence-corrected chi connectivity index (χ2v) is 5.76. The van der Waals surface area contributed by atoms with E-state index < -0.39 is 0 Å². The molecule has 0 aromatic carbocycles. The molecule has 2 N–H and O–H groups in total. The third-order valence-corrected chi connectivity index (χ3v) is 4.22. The van der Waals surface area contributed by atoms with E-state index >= 15 is 0 Å². The van der Waals surface area contributed by atoms with Gasteiger partial charge in [-0.05, 0) is 31.4 Å². The second-order valence-electron chi connectivity index (χ2n) is 5.76. The van der Waals surface area contributed by atoms with Gasteiger partial charge in [0.15, 0.2) is 5.65 Å². The molecule has 0 amide bonds. The lowest BCUT2D eigenvalue weighted by Crippen LogP contribution is -2.41. The van der Waals surface area contributed by atoms with E-state index in [2.05, 4.69) is 21.5 Å². The summed E-state index contributed by atoms with van der Waals surface area (Å²) in [5.74, 6) is 0. The van der Waals surface area contributed by atoms with Crippen molar-refractivity contribution >= 4 is 11.0 Å². The smallest absolute Gasteiger partial charge is 0.157 e. The molecule has 0 bridgehead atoms. The summed E-state index contributed by atoms with van der Waals surface area (Å²) in [5.41, 5.74) is 3.07. The molecule has 1 saturated carbocycles. The molecule has 0 saturated heterocycles. The first-order chi connectivity index (χ1) is 9.65. The summed E-state index contributed by atoms with van der Waals surface area (Å²) in [5, 5.41) is 18.9. The molecule has 1 aliphatic carbocycles. The van der Waals surface area contributed by atoms with Crippen LogP contribution < -0.4 is 5.32 Å². The van der Waals surface area contributed by atoms with E-state index in [4.69, 9.17) is 0 Å². The average molecular weight is 274 g/mol. The minimum Gasteiger partial charge on any atom is -0.392 e. The Balaban J connectivity index is 1.72. The highest BCUT2D eigenvalue weighted by Gasteiger charge is 2.22. The van der Waals surface area contributed by atoms with Crippen LogP contribution in [0.5, 0.6) is 0 Å². The predicted octanol–water partition coefficient (Wildman–Crippen LogP) is 1.67. The zero-order chi connectivity index (χ0) is 14.1. The van der Waals surface area contributed by atoms with Crippen LogP contribution in [0.25, 0.3) is 11.0 Å². The molecule has 108 valence electrons. The first-order valence-electron chi connectivity index (χ1n) is 7.35. The Morgan fingerprint density at radius 3 is 3.00 bits per heavy atom. The summed E-state index contributed by atoms with van der Waals surface area (Å²) in [7, 11) is 1.92. The van der Waals surface area contributed by atoms with E-state index in [0.29, 0.717) is 0 Å². The number of hydrogen-bond acceptors (Lipinski definition) is 4. The molecule has 0 radical (unpaired) electrons. The van der Waals surface area contributed by atoms with E-state index in [-0.39, 0.29) is 12.1 Å². The maximum Gasteiger partial charge on any atom is 0.157 e. The van der Waals surface area contributed by atoms with E-state index in [1.54, 1.807) is 0 Å². The summed E-state index contributed by atoms with van der Waals surface area (Å²) in [6.45, 7) is 2.76. The summed E-state index contributed by atoms with van der Waals surface area (Å²) < 4.78 is 1.81. The van der Waals surface area contributed by atoms with Crippen molar-refractivity contribution in [2.24, 2.45) is 7.05 Å². The van der Waals surface area contributed by atoms with Gasteiger partial charge in [0.2, 0.25) is 0 Å². The van der Waals surface area contributed by atoms with Gasteiger partial charge in [0.25, 0.3) is 0 Å². The zero-order valence-corrected chi connectivity index (χ0v) is 12.1. The monoisotopic (exact) mass is 274 g/mol. The normalized spacial score (nSPS) is 23.4. The number of nitrogens with zero attached hydrogens (tertiary/aromatic N) is 3. The van der Waals surface area contributed by atoms with Gasteiger partial charge in [-0.1, -0.05) is 12.8 Å². The number of aryl methyl sites for hydroxylation is 2. The van der Waals surface area contributed by atoms with Crippen LogP contribution in [0.2, 0.25) is 0 Å². The van der Waals surface area contributed by atoms with Gasteiger partial charge in [0.1, 0.15) is 0 Å².